The molecule has 0 radical (unpaired) electrons. The minimum atomic E-state index is -0.288. The highest BCUT2D eigenvalue weighted by Gasteiger charge is 2.29. The van der Waals surface area contributed by atoms with Crippen LogP contribution in [0, 0.1) is 11.8 Å². The summed E-state index contributed by atoms with van der Waals surface area (Å²) in [6.07, 6.45) is 7.17. The summed E-state index contributed by atoms with van der Waals surface area (Å²) in [5.74, 6) is 1.90. The van der Waals surface area contributed by atoms with Crippen molar-refractivity contribution < 1.29 is 19.1 Å². The molecule has 238 valence electrons. The number of nitrogens with one attached hydrogen (secondary N) is 2. The smallest absolute Gasteiger partial charge is 0.272 e. The van der Waals surface area contributed by atoms with Gasteiger partial charge in [0.05, 0.1) is 24.4 Å². The summed E-state index contributed by atoms with van der Waals surface area (Å²) in [7, 11) is 1.65. The predicted molar refractivity (Wildman–Crippen MR) is 175 cm³/mol. The van der Waals surface area contributed by atoms with Crippen LogP contribution >= 0.6 is 0 Å². The van der Waals surface area contributed by atoms with Gasteiger partial charge in [-0.15, -0.1) is 0 Å². The van der Waals surface area contributed by atoms with E-state index in [-0.39, 0.29) is 30.3 Å². The van der Waals surface area contributed by atoms with Crippen LogP contribution in [0.5, 0.6) is 11.5 Å². The van der Waals surface area contributed by atoms with Crippen molar-refractivity contribution in [1.29, 1.82) is 0 Å². The number of methoxy groups -OCH3 is 1. The van der Waals surface area contributed by atoms with E-state index in [1.807, 2.05) is 59.3 Å². The zero-order valence-corrected chi connectivity index (χ0v) is 27.1. The number of rotatable bonds is 15. The minimum absolute atomic E-state index is 0.0407. The standard InChI is InChI=1S/C36H50N4O4/c1-6-7-19-37-34(41)22-28(20-25(2)3)38-36(42)30-23-31(40(39-30)29-16-11-13-26(4)21-29)35-32(43-5)17-12-18-33(35)44-24-27-14-9-8-10-15-27/h8-10,12,14-15,17-18,23,25-26,28-29H,6-7,11,13,16,19-22,24H2,1-5H3,(H,37,41)(H,38,42). The fraction of sp³-hybridized carbons (Fsp3) is 0.528. The first kappa shape index (κ1) is 33.1. The molecule has 1 aliphatic rings. The molecule has 1 aromatic heterocycles. The molecular weight excluding hydrogens is 552 g/mol. The van der Waals surface area contributed by atoms with E-state index in [4.69, 9.17) is 14.6 Å². The van der Waals surface area contributed by atoms with Crippen LogP contribution in [0.1, 0.15) is 101 Å². The molecule has 0 spiro atoms. The van der Waals surface area contributed by atoms with Gasteiger partial charge in [-0.3, -0.25) is 14.3 Å². The first-order valence-electron chi connectivity index (χ1n) is 16.3. The molecule has 1 aliphatic carbocycles. The van der Waals surface area contributed by atoms with Gasteiger partial charge < -0.3 is 20.1 Å². The molecule has 0 aliphatic heterocycles. The average Bonchev–Trinajstić information content (AvgIpc) is 3.45. The Morgan fingerprint density at radius 2 is 1.84 bits per heavy atom. The van der Waals surface area contributed by atoms with Crippen molar-refractivity contribution in [1.82, 2.24) is 20.4 Å². The normalized spacial score (nSPS) is 17.2. The fourth-order valence-corrected chi connectivity index (χ4v) is 6.11. The monoisotopic (exact) mass is 602 g/mol. The Labute approximate surface area is 262 Å². The number of benzene rings is 2. The number of carbonyl (C=O) groups is 2. The lowest BCUT2D eigenvalue weighted by atomic mass is 9.87. The Morgan fingerprint density at radius 3 is 2.55 bits per heavy atom. The molecule has 1 heterocycles. The van der Waals surface area contributed by atoms with Gasteiger partial charge in [-0.25, -0.2) is 0 Å². The third kappa shape index (κ3) is 9.10. The summed E-state index contributed by atoms with van der Waals surface area (Å²) < 4.78 is 14.3. The van der Waals surface area contributed by atoms with E-state index < -0.39 is 0 Å². The second-order valence-corrected chi connectivity index (χ2v) is 12.6. The molecule has 4 rings (SSSR count). The van der Waals surface area contributed by atoms with Crippen LogP contribution in [-0.4, -0.2) is 41.3 Å². The van der Waals surface area contributed by atoms with E-state index in [9.17, 15) is 9.59 Å². The highest BCUT2D eigenvalue weighted by atomic mass is 16.5. The number of ether oxygens (including phenoxy) is 2. The lowest BCUT2D eigenvalue weighted by molar-refractivity contribution is -0.121. The molecule has 0 bridgehead atoms. The maximum Gasteiger partial charge on any atom is 0.272 e. The van der Waals surface area contributed by atoms with Gasteiger partial charge in [0, 0.05) is 19.0 Å². The van der Waals surface area contributed by atoms with Crippen molar-refractivity contribution in [2.45, 2.75) is 97.8 Å². The molecule has 3 unspecified atom stereocenters. The number of hydrogen-bond acceptors (Lipinski definition) is 5. The molecule has 2 amide bonds. The zero-order chi connectivity index (χ0) is 31.5. The number of unbranched alkanes of at least 4 members (excludes halogenated alkanes) is 1. The number of nitrogens with zero attached hydrogens (tertiary/aromatic N) is 2. The third-order valence-corrected chi connectivity index (χ3v) is 8.30. The summed E-state index contributed by atoms with van der Waals surface area (Å²) in [4.78, 5) is 26.5. The topological polar surface area (TPSA) is 94.5 Å². The highest BCUT2D eigenvalue weighted by molar-refractivity contribution is 5.94. The molecule has 1 fully saturated rings. The maximum absolute atomic E-state index is 13.8. The van der Waals surface area contributed by atoms with Crippen molar-refractivity contribution in [2.24, 2.45) is 11.8 Å². The lowest BCUT2D eigenvalue weighted by Gasteiger charge is -2.29. The van der Waals surface area contributed by atoms with Crippen molar-refractivity contribution in [2.75, 3.05) is 13.7 Å². The van der Waals surface area contributed by atoms with Crippen LogP contribution in [-0.2, 0) is 11.4 Å². The molecule has 44 heavy (non-hydrogen) atoms. The molecule has 8 heteroatoms. The third-order valence-electron chi connectivity index (χ3n) is 8.30. The average molecular weight is 603 g/mol. The highest BCUT2D eigenvalue weighted by Crippen LogP contribution is 2.42. The quantitative estimate of drug-likeness (QED) is 0.178. The SMILES string of the molecule is CCCCNC(=O)CC(CC(C)C)NC(=O)c1cc(-c2c(OC)cccc2OCc2ccccc2)n(C2CCCC(C)C2)n1. The first-order valence-corrected chi connectivity index (χ1v) is 16.3. The van der Waals surface area contributed by atoms with Gasteiger partial charge in [0.25, 0.3) is 5.91 Å². The molecule has 2 N–H and O–H groups in total. The van der Waals surface area contributed by atoms with Gasteiger partial charge >= 0.3 is 0 Å². The predicted octanol–water partition coefficient (Wildman–Crippen LogP) is 7.34. The molecule has 8 nitrogen and oxygen atoms in total. The van der Waals surface area contributed by atoms with Gasteiger partial charge in [0.2, 0.25) is 5.91 Å². The van der Waals surface area contributed by atoms with Crippen LogP contribution in [0.4, 0.5) is 0 Å². The summed E-state index contributed by atoms with van der Waals surface area (Å²) >= 11 is 0. The van der Waals surface area contributed by atoms with Gasteiger partial charge in [0.1, 0.15) is 18.1 Å². The Hall–Kier alpha value is -3.81. The lowest BCUT2D eigenvalue weighted by Crippen LogP contribution is -2.40. The minimum Gasteiger partial charge on any atom is -0.496 e. The van der Waals surface area contributed by atoms with E-state index >= 15 is 0 Å². The van der Waals surface area contributed by atoms with Crippen molar-refractivity contribution >= 4 is 11.8 Å². The Morgan fingerprint density at radius 1 is 1.07 bits per heavy atom. The van der Waals surface area contributed by atoms with E-state index in [1.54, 1.807) is 7.11 Å². The summed E-state index contributed by atoms with van der Waals surface area (Å²) in [5.41, 5.74) is 2.97. The zero-order valence-electron chi connectivity index (χ0n) is 27.1. The number of carbonyl (C=O) groups excluding carboxylic acids is 2. The number of amides is 2. The molecule has 3 atom stereocenters. The van der Waals surface area contributed by atoms with Gasteiger partial charge in [0.15, 0.2) is 5.69 Å². The maximum atomic E-state index is 13.8. The van der Waals surface area contributed by atoms with Gasteiger partial charge in [-0.1, -0.05) is 83.4 Å². The van der Waals surface area contributed by atoms with E-state index in [0.717, 1.165) is 48.9 Å². The molecule has 1 saturated carbocycles. The Bertz CT molecular complexity index is 1350. The molecular formula is C36H50N4O4. The summed E-state index contributed by atoms with van der Waals surface area (Å²) in [6, 6.07) is 17.5. The fourth-order valence-electron chi connectivity index (χ4n) is 6.11. The molecule has 2 aromatic carbocycles. The summed E-state index contributed by atoms with van der Waals surface area (Å²) in [6.45, 7) is 9.63. The van der Waals surface area contributed by atoms with Crippen molar-refractivity contribution in [3.05, 3.63) is 65.9 Å². The number of hydrogen-bond donors (Lipinski definition) is 2. The van der Waals surface area contributed by atoms with Crippen LogP contribution in [0.3, 0.4) is 0 Å². The van der Waals surface area contributed by atoms with E-state index in [1.165, 1.54) is 6.42 Å². The number of aromatic nitrogens is 2. The van der Waals surface area contributed by atoms with Crippen LogP contribution in [0.25, 0.3) is 11.3 Å². The Kier molecular flexibility index (Phi) is 12.3. The van der Waals surface area contributed by atoms with E-state index in [2.05, 4.69) is 38.3 Å². The largest absolute Gasteiger partial charge is 0.496 e. The van der Waals surface area contributed by atoms with Gasteiger partial charge in [-0.05, 0) is 61.3 Å². The van der Waals surface area contributed by atoms with Crippen LogP contribution < -0.4 is 20.1 Å². The second-order valence-electron chi connectivity index (χ2n) is 12.6. The van der Waals surface area contributed by atoms with Crippen molar-refractivity contribution in [3.8, 4) is 22.8 Å². The first-order chi connectivity index (χ1) is 21.3. The molecule has 0 saturated heterocycles. The second kappa shape index (κ2) is 16.3. The Balaban J connectivity index is 1.67. The van der Waals surface area contributed by atoms with E-state index in [0.29, 0.717) is 48.6 Å². The summed E-state index contributed by atoms with van der Waals surface area (Å²) in [5, 5.41) is 11.1. The van der Waals surface area contributed by atoms with Crippen molar-refractivity contribution in [3.63, 3.8) is 0 Å². The molecule has 3 aromatic rings. The van der Waals surface area contributed by atoms with Crippen LogP contribution in [0.15, 0.2) is 54.6 Å². The van der Waals surface area contributed by atoms with Gasteiger partial charge in [-0.2, -0.15) is 5.10 Å². The van der Waals surface area contributed by atoms with Crippen LogP contribution in [0.2, 0.25) is 0 Å².